The van der Waals surface area contributed by atoms with E-state index >= 15 is 0 Å². The Labute approximate surface area is 122 Å². The van der Waals surface area contributed by atoms with E-state index in [1.165, 1.54) is 24.3 Å². The van der Waals surface area contributed by atoms with Gasteiger partial charge in [0.05, 0.1) is 12.0 Å². The van der Waals surface area contributed by atoms with E-state index in [9.17, 15) is 23.1 Å². The third kappa shape index (κ3) is 5.75. The number of rotatable bonds is 6. The lowest BCUT2D eigenvalue weighted by Gasteiger charge is -2.21. The molecular formula is C15H20F3NO2. The molecule has 21 heavy (non-hydrogen) atoms. The molecule has 1 aromatic carbocycles. The predicted octanol–water partition coefficient (Wildman–Crippen LogP) is 2.86. The highest BCUT2D eigenvalue weighted by Crippen LogP contribution is 2.37. The van der Waals surface area contributed by atoms with Crippen LogP contribution in [-0.2, 0) is 4.79 Å². The standard InChI is InChI=1S/C15H20F3NO2/c1-10(2)13(20)9-19-14(21)8-12(15(16,17)18)11-6-4-3-5-7-11/h3-7,10,12-13,20H,8-9H2,1-2H3,(H,19,21). The number of alkyl halides is 3. The number of hydrogen-bond acceptors (Lipinski definition) is 2. The van der Waals surface area contributed by atoms with Gasteiger partial charge in [0.2, 0.25) is 5.91 Å². The van der Waals surface area contributed by atoms with Gasteiger partial charge >= 0.3 is 6.18 Å². The lowest BCUT2D eigenvalue weighted by atomic mass is 9.94. The Bertz CT molecular complexity index is 446. The third-order valence-corrected chi connectivity index (χ3v) is 3.26. The minimum atomic E-state index is -4.49. The van der Waals surface area contributed by atoms with Crippen molar-refractivity contribution < 1.29 is 23.1 Å². The molecule has 0 aliphatic carbocycles. The summed E-state index contributed by atoms with van der Waals surface area (Å²) in [5, 5.41) is 11.9. The number of benzene rings is 1. The Morgan fingerprint density at radius 2 is 1.81 bits per heavy atom. The summed E-state index contributed by atoms with van der Waals surface area (Å²) >= 11 is 0. The summed E-state index contributed by atoms with van der Waals surface area (Å²) in [6, 6.07) is 7.35. The summed E-state index contributed by atoms with van der Waals surface area (Å²) in [5.74, 6) is -2.63. The summed E-state index contributed by atoms with van der Waals surface area (Å²) in [6.07, 6.45) is -5.94. The molecule has 1 amide bonds. The molecule has 2 unspecified atom stereocenters. The number of carbonyl (C=O) groups excluding carboxylic acids is 1. The van der Waals surface area contributed by atoms with Crippen molar-refractivity contribution in [2.45, 2.75) is 38.5 Å². The average Bonchev–Trinajstić information content (AvgIpc) is 2.41. The molecule has 2 atom stereocenters. The van der Waals surface area contributed by atoms with Crippen LogP contribution in [0.1, 0.15) is 31.7 Å². The van der Waals surface area contributed by atoms with Gasteiger partial charge in [0.15, 0.2) is 0 Å². The predicted molar refractivity (Wildman–Crippen MR) is 73.7 cm³/mol. The topological polar surface area (TPSA) is 49.3 Å². The van der Waals surface area contributed by atoms with E-state index in [0.717, 1.165) is 0 Å². The van der Waals surface area contributed by atoms with Crippen LogP contribution in [0.15, 0.2) is 30.3 Å². The Hall–Kier alpha value is -1.56. The van der Waals surface area contributed by atoms with E-state index in [4.69, 9.17) is 0 Å². The van der Waals surface area contributed by atoms with E-state index in [2.05, 4.69) is 5.32 Å². The zero-order valence-corrected chi connectivity index (χ0v) is 12.0. The molecular weight excluding hydrogens is 283 g/mol. The highest BCUT2D eigenvalue weighted by molar-refractivity contribution is 5.77. The van der Waals surface area contributed by atoms with Crippen LogP contribution in [-0.4, -0.2) is 29.8 Å². The third-order valence-electron chi connectivity index (χ3n) is 3.26. The molecule has 0 spiro atoms. The Morgan fingerprint density at radius 3 is 2.29 bits per heavy atom. The zero-order valence-electron chi connectivity index (χ0n) is 12.0. The number of hydrogen-bond donors (Lipinski definition) is 2. The number of nitrogens with one attached hydrogen (secondary N) is 1. The second kappa shape index (κ2) is 7.45. The van der Waals surface area contributed by atoms with Gasteiger partial charge in [0, 0.05) is 13.0 Å². The van der Waals surface area contributed by atoms with Crippen LogP contribution in [0, 0.1) is 5.92 Å². The molecule has 6 heteroatoms. The van der Waals surface area contributed by atoms with Gasteiger partial charge in [-0.1, -0.05) is 44.2 Å². The lowest BCUT2D eigenvalue weighted by molar-refractivity contribution is -0.157. The van der Waals surface area contributed by atoms with Crippen molar-refractivity contribution in [3.05, 3.63) is 35.9 Å². The van der Waals surface area contributed by atoms with Crippen molar-refractivity contribution in [3.63, 3.8) is 0 Å². The largest absolute Gasteiger partial charge is 0.396 e. The smallest absolute Gasteiger partial charge is 0.391 e. The van der Waals surface area contributed by atoms with Crippen LogP contribution in [0.2, 0.25) is 0 Å². The van der Waals surface area contributed by atoms with E-state index in [-0.39, 0.29) is 18.0 Å². The van der Waals surface area contributed by atoms with E-state index in [1.807, 2.05) is 0 Å². The molecule has 3 nitrogen and oxygen atoms in total. The van der Waals surface area contributed by atoms with Crippen molar-refractivity contribution in [1.29, 1.82) is 0 Å². The van der Waals surface area contributed by atoms with Gasteiger partial charge in [-0.2, -0.15) is 13.2 Å². The molecule has 0 bridgehead atoms. The minimum absolute atomic E-state index is 0.0458. The fourth-order valence-corrected chi connectivity index (χ4v) is 1.82. The summed E-state index contributed by atoms with van der Waals surface area (Å²) in [4.78, 5) is 11.7. The molecule has 1 rings (SSSR count). The number of halogens is 3. The summed E-state index contributed by atoms with van der Waals surface area (Å²) < 4.78 is 39.2. The van der Waals surface area contributed by atoms with Gasteiger partial charge < -0.3 is 10.4 Å². The number of carbonyl (C=O) groups is 1. The number of aliphatic hydroxyl groups excluding tert-OH is 1. The summed E-state index contributed by atoms with van der Waals surface area (Å²) in [6.45, 7) is 3.48. The normalized spacial score (nSPS) is 14.8. The number of aliphatic hydroxyl groups is 1. The SMILES string of the molecule is CC(C)C(O)CNC(=O)CC(c1ccccc1)C(F)(F)F. The Morgan fingerprint density at radius 1 is 1.24 bits per heavy atom. The van der Waals surface area contributed by atoms with Crippen molar-refractivity contribution in [2.75, 3.05) is 6.54 Å². The first kappa shape index (κ1) is 17.5. The van der Waals surface area contributed by atoms with Crippen molar-refractivity contribution in [2.24, 2.45) is 5.92 Å². The fourth-order valence-electron chi connectivity index (χ4n) is 1.82. The lowest BCUT2D eigenvalue weighted by Crippen LogP contribution is -2.36. The molecule has 1 aromatic rings. The molecule has 0 aromatic heterocycles. The van der Waals surface area contributed by atoms with Gasteiger partial charge in [-0.15, -0.1) is 0 Å². The van der Waals surface area contributed by atoms with Crippen LogP contribution in [0.3, 0.4) is 0 Å². The maximum Gasteiger partial charge on any atom is 0.396 e. The highest BCUT2D eigenvalue weighted by atomic mass is 19.4. The maximum atomic E-state index is 13.1. The van der Waals surface area contributed by atoms with Gasteiger partial charge in [-0.25, -0.2) is 0 Å². The molecule has 2 N–H and O–H groups in total. The van der Waals surface area contributed by atoms with Crippen LogP contribution < -0.4 is 5.32 Å². The van der Waals surface area contributed by atoms with Gasteiger partial charge in [-0.05, 0) is 11.5 Å². The first-order valence-electron chi connectivity index (χ1n) is 6.78. The second-order valence-corrected chi connectivity index (χ2v) is 5.32. The van der Waals surface area contributed by atoms with E-state index < -0.39 is 30.5 Å². The van der Waals surface area contributed by atoms with E-state index in [1.54, 1.807) is 19.9 Å². The first-order valence-corrected chi connectivity index (χ1v) is 6.78. The quantitative estimate of drug-likeness (QED) is 0.849. The molecule has 0 saturated heterocycles. The highest BCUT2D eigenvalue weighted by Gasteiger charge is 2.41. The molecule has 0 aliphatic rings. The van der Waals surface area contributed by atoms with Gasteiger partial charge in [0.1, 0.15) is 0 Å². The molecule has 0 fully saturated rings. The molecule has 0 saturated carbocycles. The van der Waals surface area contributed by atoms with Gasteiger partial charge in [-0.3, -0.25) is 4.79 Å². The fraction of sp³-hybridized carbons (Fsp3) is 0.533. The van der Waals surface area contributed by atoms with Crippen molar-refractivity contribution >= 4 is 5.91 Å². The summed E-state index contributed by atoms with van der Waals surface area (Å²) in [5.41, 5.74) is 0.0598. The van der Waals surface area contributed by atoms with Crippen molar-refractivity contribution in [3.8, 4) is 0 Å². The van der Waals surface area contributed by atoms with Crippen LogP contribution in [0.4, 0.5) is 13.2 Å². The van der Waals surface area contributed by atoms with E-state index in [0.29, 0.717) is 0 Å². The minimum Gasteiger partial charge on any atom is -0.391 e. The van der Waals surface area contributed by atoms with Crippen LogP contribution >= 0.6 is 0 Å². The second-order valence-electron chi connectivity index (χ2n) is 5.32. The molecule has 0 aliphatic heterocycles. The molecule has 0 radical (unpaired) electrons. The Kier molecular flexibility index (Phi) is 6.20. The van der Waals surface area contributed by atoms with Crippen molar-refractivity contribution in [1.82, 2.24) is 5.32 Å². The number of amides is 1. The van der Waals surface area contributed by atoms with Crippen LogP contribution in [0.25, 0.3) is 0 Å². The monoisotopic (exact) mass is 303 g/mol. The molecule has 118 valence electrons. The average molecular weight is 303 g/mol. The van der Waals surface area contributed by atoms with Crippen LogP contribution in [0.5, 0.6) is 0 Å². The Balaban J connectivity index is 2.68. The zero-order chi connectivity index (χ0) is 16.0. The first-order chi connectivity index (χ1) is 9.71. The van der Waals surface area contributed by atoms with Gasteiger partial charge in [0.25, 0.3) is 0 Å². The molecule has 0 heterocycles. The summed E-state index contributed by atoms with van der Waals surface area (Å²) in [7, 11) is 0. The maximum absolute atomic E-state index is 13.1.